The number of imidazole rings is 1. The maximum Gasteiger partial charge on any atom is 0.228 e. The molecule has 166 valence electrons. The van der Waals surface area contributed by atoms with Gasteiger partial charge in [0.15, 0.2) is 0 Å². The summed E-state index contributed by atoms with van der Waals surface area (Å²) >= 11 is 0. The molecular weight excluding hydrogens is 397 g/mol. The molecular formula is C23H30FN5O2. The Kier molecular flexibility index (Phi) is 6.36. The molecule has 2 amide bonds. The minimum Gasteiger partial charge on any atom is -0.340 e. The van der Waals surface area contributed by atoms with Crippen LogP contribution in [-0.4, -0.2) is 70.4 Å². The lowest BCUT2D eigenvalue weighted by molar-refractivity contribution is -0.137. The third-order valence-corrected chi connectivity index (χ3v) is 6.22. The van der Waals surface area contributed by atoms with Crippen molar-refractivity contribution >= 4 is 17.5 Å². The summed E-state index contributed by atoms with van der Waals surface area (Å²) in [4.78, 5) is 35.7. The number of piperazine rings is 1. The number of halogens is 1. The van der Waals surface area contributed by atoms with E-state index in [1.165, 1.54) is 12.1 Å². The number of hydrogen-bond donors (Lipinski definition) is 0. The number of nitrogens with zero attached hydrogens (tertiary/aromatic N) is 5. The lowest BCUT2D eigenvalue weighted by Crippen LogP contribution is -2.51. The van der Waals surface area contributed by atoms with Crippen molar-refractivity contribution < 1.29 is 14.0 Å². The summed E-state index contributed by atoms with van der Waals surface area (Å²) in [6.07, 6.45) is 4.10. The zero-order chi connectivity index (χ0) is 22.0. The van der Waals surface area contributed by atoms with Crippen LogP contribution in [0.2, 0.25) is 0 Å². The Morgan fingerprint density at radius 1 is 1.13 bits per heavy atom. The van der Waals surface area contributed by atoms with Crippen molar-refractivity contribution in [1.82, 2.24) is 19.4 Å². The van der Waals surface area contributed by atoms with E-state index in [1.807, 2.05) is 17.3 Å². The molecule has 1 aromatic carbocycles. The van der Waals surface area contributed by atoms with E-state index in [4.69, 9.17) is 0 Å². The van der Waals surface area contributed by atoms with Crippen molar-refractivity contribution in [3.05, 3.63) is 48.3 Å². The molecule has 0 saturated carbocycles. The highest BCUT2D eigenvalue weighted by Crippen LogP contribution is 2.27. The Balaban J connectivity index is 1.27. The first-order chi connectivity index (χ1) is 14.9. The standard InChI is InChI=1S/C23H30FN5O2/c1-17(2)22-25-7-8-27(22)12-9-26-10-13-28(14-11-26)23(31)18-15-21(30)29(16-18)20-5-3-19(24)4-6-20/h3-8,17-18H,9-16H2,1-2H3. The zero-order valence-electron chi connectivity index (χ0n) is 18.2. The fourth-order valence-corrected chi connectivity index (χ4v) is 4.45. The average molecular weight is 428 g/mol. The van der Waals surface area contributed by atoms with Gasteiger partial charge in [-0.1, -0.05) is 13.8 Å². The summed E-state index contributed by atoms with van der Waals surface area (Å²) < 4.78 is 15.4. The van der Waals surface area contributed by atoms with Crippen LogP contribution < -0.4 is 4.90 Å². The van der Waals surface area contributed by atoms with E-state index < -0.39 is 0 Å². The van der Waals surface area contributed by atoms with Gasteiger partial charge in [-0.15, -0.1) is 0 Å². The van der Waals surface area contributed by atoms with Crippen LogP contribution in [0.4, 0.5) is 10.1 Å². The predicted molar refractivity (Wildman–Crippen MR) is 116 cm³/mol. The number of carbonyl (C=O) groups is 2. The number of rotatable bonds is 6. The Morgan fingerprint density at radius 3 is 2.52 bits per heavy atom. The third-order valence-electron chi connectivity index (χ3n) is 6.22. The van der Waals surface area contributed by atoms with Gasteiger partial charge in [-0.05, 0) is 24.3 Å². The molecule has 2 aromatic rings. The molecule has 1 aromatic heterocycles. The van der Waals surface area contributed by atoms with Gasteiger partial charge < -0.3 is 14.4 Å². The molecule has 0 N–H and O–H groups in total. The van der Waals surface area contributed by atoms with Crippen molar-refractivity contribution in [2.75, 3.05) is 44.2 Å². The molecule has 7 nitrogen and oxygen atoms in total. The molecule has 2 fully saturated rings. The van der Waals surface area contributed by atoms with Crippen LogP contribution in [0.15, 0.2) is 36.7 Å². The van der Waals surface area contributed by atoms with Crippen molar-refractivity contribution in [2.45, 2.75) is 32.7 Å². The van der Waals surface area contributed by atoms with E-state index in [0.29, 0.717) is 31.2 Å². The highest BCUT2D eigenvalue weighted by molar-refractivity contribution is 6.00. The lowest BCUT2D eigenvalue weighted by atomic mass is 10.1. The first kappa shape index (κ1) is 21.5. The van der Waals surface area contributed by atoms with E-state index in [1.54, 1.807) is 17.0 Å². The first-order valence-electron chi connectivity index (χ1n) is 11.0. The maximum absolute atomic E-state index is 13.2. The smallest absolute Gasteiger partial charge is 0.228 e. The molecule has 2 aliphatic heterocycles. The molecule has 4 rings (SSSR count). The molecule has 1 atom stereocenters. The van der Waals surface area contributed by atoms with E-state index in [0.717, 1.165) is 32.0 Å². The van der Waals surface area contributed by atoms with Crippen molar-refractivity contribution in [3.8, 4) is 0 Å². The minimum absolute atomic E-state index is 0.0503. The average Bonchev–Trinajstić information content (AvgIpc) is 3.39. The SMILES string of the molecule is CC(C)c1nccn1CCN1CCN(C(=O)C2CC(=O)N(c3ccc(F)cc3)C2)CC1. The molecule has 0 radical (unpaired) electrons. The van der Waals surface area contributed by atoms with Crippen molar-refractivity contribution in [2.24, 2.45) is 5.92 Å². The van der Waals surface area contributed by atoms with Gasteiger partial charge in [-0.25, -0.2) is 9.37 Å². The second kappa shape index (κ2) is 9.18. The highest BCUT2D eigenvalue weighted by atomic mass is 19.1. The zero-order valence-corrected chi connectivity index (χ0v) is 18.2. The Morgan fingerprint density at radius 2 is 1.84 bits per heavy atom. The van der Waals surface area contributed by atoms with Gasteiger partial charge in [0.1, 0.15) is 11.6 Å². The van der Waals surface area contributed by atoms with Crippen LogP contribution in [0.5, 0.6) is 0 Å². The van der Waals surface area contributed by atoms with Crippen molar-refractivity contribution in [3.63, 3.8) is 0 Å². The topological polar surface area (TPSA) is 61.7 Å². The molecule has 1 unspecified atom stereocenters. The van der Waals surface area contributed by atoms with Crippen molar-refractivity contribution in [1.29, 1.82) is 0 Å². The molecule has 2 saturated heterocycles. The fraction of sp³-hybridized carbons (Fsp3) is 0.522. The van der Waals surface area contributed by atoms with Gasteiger partial charge in [0.25, 0.3) is 0 Å². The van der Waals surface area contributed by atoms with Crippen LogP contribution in [0.1, 0.15) is 32.0 Å². The Hall–Kier alpha value is -2.74. The van der Waals surface area contributed by atoms with E-state index in [2.05, 4.69) is 28.3 Å². The third kappa shape index (κ3) is 4.79. The molecule has 0 spiro atoms. The summed E-state index contributed by atoms with van der Waals surface area (Å²) in [5.41, 5.74) is 0.645. The Labute approximate surface area is 182 Å². The Bertz CT molecular complexity index is 918. The number of amides is 2. The summed E-state index contributed by atoms with van der Waals surface area (Å²) in [5, 5.41) is 0. The van der Waals surface area contributed by atoms with Gasteiger partial charge in [0.2, 0.25) is 11.8 Å². The van der Waals surface area contributed by atoms with Gasteiger partial charge in [0.05, 0.1) is 5.92 Å². The summed E-state index contributed by atoms with van der Waals surface area (Å²) in [5.74, 6) is 0.802. The molecule has 8 heteroatoms. The second-order valence-corrected chi connectivity index (χ2v) is 8.68. The summed E-state index contributed by atoms with van der Waals surface area (Å²) in [7, 11) is 0. The summed E-state index contributed by atoms with van der Waals surface area (Å²) in [6, 6.07) is 5.85. The van der Waals surface area contributed by atoms with Crippen LogP contribution in [-0.2, 0) is 16.1 Å². The van der Waals surface area contributed by atoms with Crippen LogP contribution >= 0.6 is 0 Å². The normalized spacial score (nSPS) is 20.1. The first-order valence-corrected chi connectivity index (χ1v) is 11.0. The minimum atomic E-state index is -0.339. The highest BCUT2D eigenvalue weighted by Gasteiger charge is 2.37. The van der Waals surface area contributed by atoms with E-state index >= 15 is 0 Å². The lowest BCUT2D eigenvalue weighted by Gasteiger charge is -2.36. The van der Waals surface area contributed by atoms with Gasteiger partial charge in [0, 0.05) is 76.2 Å². The fourth-order valence-electron chi connectivity index (χ4n) is 4.45. The molecule has 2 aliphatic rings. The number of aromatic nitrogens is 2. The quantitative estimate of drug-likeness (QED) is 0.710. The molecule has 3 heterocycles. The number of benzene rings is 1. The predicted octanol–water partition coefficient (Wildman–Crippen LogP) is 2.34. The summed E-state index contributed by atoms with van der Waals surface area (Å²) in [6.45, 7) is 9.51. The van der Waals surface area contributed by atoms with Crippen LogP contribution in [0.25, 0.3) is 0 Å². The number of hydrogen-bond acceptors (Lipinski definition) is 4. The maximum atomic E-state index is 13.2. The van der Waals surface area contributed by atoms with E-state index in [-0.39, 0.29) is 30.0 Å². The van der Waals surface area contributed by atoms with Crippen LogP contribution in [0.3, 0.4) is 0 Å². The van der Waals surface area contributed by atoms with Crippen LogP contribution in [0, 0.1) is 11.7 Å². The van der Waals surface area contributed by atoms with Gasteiger partial charge in [-0.2, -0.15) is 0 Å². The molecule has 0 bridgehead atoms. The second-order valence-electron chi connectivity index (χ2n) is 8.68. The molecule has 0 aliphatic carbocycles. The number of anilines is 1. The van der Waals surface area contributed by atoms with Gasteiger partial charge >= 0.3 is 0 Å². The van der Waals surface area contributed by atoms with E-state index in [9.17, 15) is 14.0 Å². The van der Waals surface area contributed by atoms with Gasteiger partial charge in [-0.3, -0.25) is 14.5 Å². The number of carbonyl (C=O) groups excluding carboxylic acids is 2. The largest absolute Gasteiger partial charge is 0.340 e. The monoisotopic (exact) mass is 427 g/mol. The molecule has 31 heavy (non-hydrogen) atoms.